The van der Waals surface area contributed by atoms with E-state index in [1.165, 1.54) is 0 Å². The van der Waals surface area contributed by atoms with Gasteiger partial charge in [-0.3, -0.25) is 0 Å². The molecular weight excluding hydrogens is 838 g/mol. The molecule has 5 nitrogen and oxygen atoms in total. The van der Waals surface area contributed by atoms with Crippen molar-refractivity contribution in [2.24, 2.45) is 0 Å². The van der Waals surface area contributed by atoms with E-state index in [2.05, 4.69) is 109 Å². The van der Waals surface area contributed by atoms with Crippen molar-refractivity contribution in [3.05, 3.63) is 243 Å². The molecule has 0 saturated carbocycles. The van der Waals surface area contributed by atoms with Gasteiger partial charge in [0, 0.05) is 48.8 Å². The zero-order chi connectivity index (χ0) is 44.7. The average molecular weight is 878 g/mol. The second-order valence-electron chi connectivity index (χ2n) is 16.7. The molecule has 12 aromatic rings. The van der Waals surface area contributed by atoms with Crippen LogP contribution in [-0.4, -0.2) is 15.0 Å². The van der Waals surface area contributed by atoms with E-state index in [-0.39, 0.29) is 0 Å². The molecule has 67 heavy (non-hydrogen) atoms. The highest BCUT2D eigenvalue weighted by Crippen LogP contribution is 2.45. The van der Waals surface area contributed by atoms with Gasteiger partial charge in [-0.25, -0.2) is 15.0 Å². The van der Waals surface area contributed by atoms with Crippen molar-refractivity contribution < 1.29 is 8.98 Å². The van der Waals surface area contributed by atoms with E-state index < -0.39 is 7.14 Å². The first kappa shape index (κ1) is 40.0. The molecule has 6 heteroatoms. The molecule has 0 fully saturated rings. The van der Waals surface area contributed by atoms with Gasteiger partial charge in [0.25, 0.3) is 0 Å². The minimum atomic E-state index is -3.13. The Labute approximate surface area is 388 Å². The molecule has 12 rings (SSSR count). The lowest BCUT2D eigenvalue weighted by Gasteiger charge is -2.20. The lowest BCUT2D eigenvalue weighted by molar-refractivity contribution is 0.592. The summed E-state index contributed by atoms with van der Waals surface area (Å²) in [4.78, 5) is 14.8. The zero-order valence-electron chi connectivity index (χ0n) is 36.2. The third kappa shape index (κ3) is 7.23. The third-order valence-corrected chi connectivity index (χ3v) is 15.7. The van der Waals surface area contributed by atoms with Crippen molar-refractivity contribution in [1.82, 2.24) is 15.0 Å². The monoisotopic (exact) mass is 877 g/mol. The first-order valence-electron chi connectivity index (χ1n) is 22.4. The van der Waals surface area contributed by atoms with Gasteiger partial charge in [-0.05, 0) is 57.0 Å². The van der Waals surface area contributed by atoms with Crippen LogP contribution in [0.1, 0.15) is 0 Å². The molecule has 316 valence electrons. The number of fused-ring (bicyclic) bond motifs is 5. The van der Waals surface area contributed by atoms with Crippen LogP contribution >= 0.6 is 7.14 Å². The summed E-state index contributed by atoms with van der Waals surface area (Å²) in [5, 5.41) is 6.66. The molecule has 0 aliphatic heterocycles. The van der Waals surface area contributed by atoms with Crippen molar-refractivity contribution in [3.8, 4) is 67.5 Å². The van der Waals surface area contributed by atoms with Crippen molar-refractivity contribution in [2.45, 2.75) is 0 Å². The summed E-state index contributed by atoms with van der Waals surface area (Å²) in [6.45, 7) is 0. The second-order valence-corrected chi connectivity index (χ2v) is 19.4. The molecule has 0 aliphatic carbocycles. The smallest absolute Gasteiger partial charge is 0.171 e. The van der Waals surface area contributed by atoms with Crippen molar-refractivity contribution >= 4 is 55.8 Å². The molecule has 0 aliphatic rings. The van der Waals surface area contributed by atoms with Crippen LogP contribution in [0.3, 0.4) is 0 Å². The van der Waals surface area contributed by atoms with Crippen LogP contribution in [0.5, 0.6) is 0 Å². The minimum absolute atomic E-state index is 0.619. The maximum atomic E-state index is 15.2. The number of hydrogen-bond donors (Lipinski definition) is 0. The summed E-state index contributed by atoms with van der Waals surface area (Å²) in [5.74, 6) is 1.89. The highest BCUT2D eigenvalue weighted by Gasteiger charge is 2.29. The molecule has 0 bridgehead atoms. The Bertz CT molecular complexity index is 3700. The molecule has 2 aromatic heterocycles. The van der Waals surface area contributed by atoms with Gasteiger partial charge in [0.2, 0.25) is 0 Å². The van der Waals surface area contributed by atoms with Gasteiger partial charge in [-0.1, -0.05) is 224 Å². The number of furan rings is 1. The summed E-state index contributed by atoms with van der Waals surface area (Å²) in [7, 11) is -3.13. The molecule has 0 radical (unpaired) electrons. The minimum Gasteiger partial charge on any atom is -0.455 e. The topological polar surface area (TPSA) is 68.9 Å². The van der Waals surface area contributed by atoms with Gasteiger partial charge in [0.15, 0.2) is 24.6 Å². The fourth-order valence-electron chi connectivity index (χ4n) is 9.32. The standard InChI is InChI=1S/C61H40N3O2P/c65-67(48-23-9-3-10-24-48,49-25-11-4-12-26-49)50-37-35-42(36-38-50)54-40-55-57-51(29-16-30-56(57)66-58(55)53-28-14-13-27-52(53)54)47-22-15-21-46(39-47)41-31-33-45(34-32-41)61-63-59(43-17-5-1-6-18-43)62-60(64-61)44-19-7-2-8-20-44/h1-40H. The van der Waals surface area contributed by atoms with E-state index in [1.54, 1.807) is 0 Å². The largest absolute Gasteiger partial charge is 0.455 e. The summed E-state index contributed by atoms with van der Waals surface area (Å²) in [6.07, 6.45) is 0. The molecule has 0 atom stereocenters. The average Bonchev–Trinajstić information content (AvgIpc) is 3.81. The van der Waals surface area contributed by atoms with E-state index in [1.807, 2.05) is 133 Å². The number of rotatable bonds is 9. The predicted octanol–water partition coefficient (Wildman–Crippen LogP) is 14.6. The van der Waals surface area contributed by atoms with Gasteiger partial charge >= 0.3 is 0 Å². The molecule has 10 aromatic carbocycles. The Balaban J connectivity index is 0.927. The van der Waals surface area contributed by atoms with Crippen molar-refractivity contribution in [1.29, 1.82) is 0 Å². The second kappa shape index (κ2) is 16.8. The molecule has 0 amide bonds. The van der Waals surface area contributed by atoms with Gasteiger partial charge in [-0.2, -0.15) is 0 Å². The summed E-state index contributed by atoms with van der Waals surface area (Å²) in [5.41, 5.74) is 10.9. The van der Waals surface area contributed by atoms with Crippen LogP contribution in [0.25, 0.3) is 100 Å². The molecule has 0 saturated heterocycles. The van der Waals surface area contributed by atoms with E-state index in [9.17, 15) is 0 Å². The van der Waals surface area contributed by atoms with E-state index in [0.717, 1.165) is 98.7 Å². The lowest BCUT2D eigenvalue weighted by Crippen LogP contribution is -2.24. The number of nitrogens with zero attached hydrogens (tertiary/aromatic N) is 3. The summed E-state index contributed by atoms with van der Waals surface area (Å²) in [6, 6.07) is 82.2. The quantitative estimate of drug-likeness (QED) is 0.135. The van der Waals surface area contributed by atoms with Crippen LogP contribution < -0.4 is 15.9 Å². The summed E-state index contributed by atoms with van der Waals surface area (Å²) < 4.78 is 22.0. The van der Waals surface area contributed by atoms with E-state index >= 15 is 4.57 Å². The number of hydrogen-bond acceptors (Lipinski definition) is 5. The van der Waals surface area contributed by atoms with Gasteiger partial charge < -0.3 is 8.98 Å². The van der Waals surface area contributed by atoms with Crippen LogP contribution in [0.4, 0.5) is 0 Å². The Hall–Kier alpha value is -8.50. The highest BCUT2D eigenvalue weighted by atomic mass is 31.2. The highest BCUT2D eigenvalue weighted by molar-refractivity contribution is 7.85. The van der Waals surface area contributed by atoms with Crippen LogP contribution in [0.2, 0.25) is 0 Å². The Morgan fingerprint density at radius 1 is 0.313 bits per heavy atom. The fraction of sp³-hybridized carbons (Fsp3) is 0. The Morgan fingerprint density at radius 2 is 0.761 bits per heavy atom. The van der Waals surface area contributed by atoms with Crippen LogP contribution in [-0.2, 0) is 4.57 Å². The van der Waals surface area contributed by atoms with Crippen molar-refractivity contribution in [2.75, 3.05) is 0 Å². The van der Waals surface area contributed by atoms with Gasteiger partial charge in [-0.15, -0.1) is 0 Å². The predicted molar refractivity (Wildman–Crippen MR) is 277 cm³/mol. The van der Waals surface area contributed by atoms with Crippen molar-refractivity contribution in [3.63, 3.8) is 0 Å². The molecule has 0 unspecified atom stereocenters. The maximum absolute atomic E-state index is 15.2. The van der Waals surface area contributed by atoms with Crippen LogP contribution in [0.15, 0.2) is 247 Å². The number of aromatic nitrogens is 3. The molecule has 0 spiro atoms. The zero-order valence-corrected chi connectivity index (χ0v) is 37.1. The third-order valence-electron chi connectivity index (χ3n) is 12.6. The molecule has 0 N–H and O–H groups in total. The van der Waals surface area contributed by atoms with Gasteiger partial charge in [0.05, 0.1) is 0 Å². The first-order valence-corrected chi connectivity index (χ1v) is 24.1. The molecule has 2 heterocycles. The first-order chi connectivity index (χ1) is 33.1. The van der Waals surface area contributed by atoms with E-state index in [0.29, 0.717) is 17.5 Å². The van der Waals surface area contributed by atoms with E-state index in [4.69, 9.17) is 19.4 Å². The Kier molecular flexibility index (Phi) is 10.0. The molecular formula is C61H40N3O2P. The lowest BCUT2D eigenvalue weighted by atomic mass is 9.92. The fourth-order valence-corrected chi connectivity index (χ4v) is 12.0. The Morgan fingerprint density at radius 3 is 1.36 bits per heavy atom. The SMILES string of the molecule is O=P(c1ccccc1)(c1ccccc1)c1ccc(-c2cc3c(oc4cccc(-c5cccc(-c6ccc(-c7nc(-c8ccccc8)nc(-c8ccccc8)n7)cc6)c5)c43)c3ccccc23)cc1. The van der Waals surface area contributed by atoms with Gasteiger partial charge in [0.1, 0.15) is 11.2 Å². The normalized spacial score (nSPS) is 11.6. The summed E-state index contributed by atoms with van der Waals surface area (Å²) >= 11 is 0. The maximum Gasteiger partial charge on any atom is 0.171 e. The number of benzene rings is 10. The van der Waals surface area contributed by atoms with Crippen LogP contribution in [0, 0.1) is 0 Å².